The number of benzene rings is 1. The molecule has 1 aliphatic rings. The molecule has 0 saturated heterocycles. The highest BCUT2D eigenvalue weighted by atomic mass is 16.7. The summed E-state index contributed by atoms with van der Waals surface area (Å²) in [5.74, 6) is -0.405. The largest absolute Gasteiger partial charge is 0.357 e. The lowest BCUT2D eigenvalue weighted by atomic mass is 9.95. The van der Waals surface area contributed by atoms with Gasteiger partial charge in [-0.05, 0) is 31.4 Å². The number of aromatic amines is 1. The molecule has 180 valence electrons. The van der Waals surface area contributed by atoms with Gasteiger partial charge in [0.1, 0.15) is 6.04 Å². The molecule has 0 aliphatic carbocycles. The van der Waals surface area contributed by atoms with Crippen LogP contribution in [-0.2, 0) is 37.0 Å². The quantitative estimate of drug-likeness (QED) is 0.398. The van der Waals surface area contributed by atoms with Crippen molar-refractivity contribution in [2.75, 3.05) is 20.8 Å². The molecule has 0 spiro atoms. The Kier molecular flexibility index (Phi) is 8.85. The molecule has 3 amide bonds. The van der Waals surface area contributed by atoms with Crippen LogP contribution in [0.1, 0.15) is 56.7 Å². The van der Waals surface area contributed by atoms with E-state index >= 15 is 0 Å². The molecule has 0 bridgehead atoms. The Bertz CT molecular complexity index is 973. The van der Waals surface area contributed by atoms with Gasteiger partial charge in [0.2, 0.25) is 11.8 Å². The third kappa shape index (κ3) is 6.11. The molecule has 3 rings (SSSR count). The maximum absolute atomic E-state index is 13.1. The number of amides is 3. The van der Waals surface area contributed by atoms with Gasteiger partial charge in [0.25, 0.3) is 5.91 Å². The fraction of sp³-hybridized carbons (Fsp3) is 0.542. The van der Waals surface area contributed by atoms with Gasteiger partial charge in [-0.1, -0.05) is 31.0 Å². The van der Waals surface area contributed by atoms with Crippen LogP contribution in [0.2, 0.25) is 0 Å². The van der Waals surface area contributed by atoms with Crippen molar-refractivity contribution < 1.29 is 24.1 Å². The first-order valence-corrected chi connectivity index (χ1v) is 11.6. The van der Waals surface area contributed by atoms with E-state index in [-0.39, 0.29) is 17.7 Å². The van der Waals surface area contributed by atoms with Gasteiger partial charge < -0.3 is 9.88 Å². The number of hydrogen-bond donors (Lipinski definition) is 2. The van der Waals surface area contributed by atoms with Crippen molar-refractivity contribution in [3.63, 3.8) is 0 Å². The smallest absolute Gasteiger partial charge is 0.268 e. The van der Waals surface area contributed by atoms with Crippen molar-refractivity contribution in [2.45, 2.75) is 64.5 Å². The summed E-state index contributed by atoms with van der Waals surface area (Å²) in [4.78, 5) is 52.8. The second kappa shape index (κ2) is 11.8. The van der Waals surface area contributed by atoms with E-state index in [1.165, 1.54) is 12.2 Å². The second-order valence-electron chi connectivity index (χ2n) is 8.26. The monoisotopic (exact) mass is 458 g/mol. The van der Waals surface area contributed by atoms with E-state index in [0.29, 0.717) is 38.8 Å². The van der Waals surface area contributed by atoms with Crippen LogP contribution in [0, 0.1) is 0 Å². The van der Waals surface area contributed by atoms with Gasteiger partial charge >= 0.3 is 0 Å². The topological polar surface area (TPSA) is 104 Å². The third-order valence-electron chi connectivity index (χ3n) is 6.07. The predicted molar refractivity (Wildman–Crippen MR) is 124 cm³/mol. The first kappa shape index (κ1) is 24.7. The minimum atomic E-state index is -0.601. The highest BCUT2D eigenvalue weighted by molar-refractivity contribution is 5.91. The summed E-state index contributed by atoms with van der Waals surface area (Å²) in [6, 6.07) is 7.39. The number of carbonyl (C=O) groups excluding carboxylic acids is 3. The Morgan fingerprint density at radius 3 is 2.61 bits per heavy atom. The maximum Gasteiger partial charge on any atom is 0.268 e. The van der Waals surface area contributed by atoms with E-state index in [1.54, 1.807) is 11.9 Å². The molecular formula is C24H34N4O5. The number of H-pyrrole nitrogens is 1. The molecule has 33 heavy (non-hydrogen) atoms. The van der Waals surface area contributed by atoms with Crippen molar-refractivity contribution in [1.82, 2.24) is 20.4 Å². The third-order valence-corrected chi connectivity index (χ3v) is 6.07. The zero-order chi connectivity index (χ0) is 23.8. The van der Waals surface area contributed by atoms with Crippen LogP contribution in [0.5, 0.6) is 0 Å². The molecule has 1 atom stereocenters. The Balaban J connectivity index is 1.59. The number of hydroxylamine groups is 3. The predicted octanol–water partition coefficient (Wildman–Crippen LogP) is 2.85. The molecule has 9 heteroatoms. The number of nitrogens with zero attached hydrogens (tertiary/aromatic N) is 2. The lowest BCUT2D eigenvalue weighted by Gasteiger charge is -2.36. The van der Waals surface area contributed by atoms with E-state index in [1.807, 2.05) is 31.2 Å². The van der Waals surface area contributed by atoms with Crippen molar-refractivity contribution in [3.8, 4) is 0 Å². The summed E-state index contributed by atoms with van der Waals surface area (Å²) >= 11 is 0. The number of unbranched alkanes of at least 4 members (excludes halogenated alkanes) is 3. The van der Waals surface area contributed by atoms with Gasteiger partial charge in [0.05, 0.1) is 20.3 Å². The van der Waals surface area contributed by atoms with Crippen molar-refractivity contribution in [1.29, 1.82) is 0 Å². The number of hydrogen-bond acceptors (Lipinski definition) is 5. The number of fused-ring (bicyclic) bond motifs is 3. The van der Waals surface area contributed by atoms with Gasteiger partial charge in [-0.25, -0.2) is 10.5 Å². The highest BCUT2D eigenvalue weighted by Crippen LogP contribution is 2.31. The Morgan fingerprint density at radius 1 is 1.15 bits per heavy atom. The van der Waals surface area contributed by atoms with Crippen LogP contribution in [0.25, 0.3) is 10.9 Å². The first-order chi connectivity index (χ1) is 16.0. The molecule has 0 fully saturated rings. The Morgan fingerprint density at radius 2 is 1.88 bits per heavy atom. The minimum Gasteiger partial charge on any atom is -0.357 e. The molecule has 2 aromatic rings. The van der Waals surface area contributed by atoms with Crippen molar-refractivity contribution in [2.24, 2.45) is 0 Å². The van der Waals surface area contributed by atoms with E-state index in [0.717, 1.165) is 41.4 Å². The molecule has 0 saturated carbocycles. The van der Waals surface area contributed by atoms with Crippen LogP contribution in [0.3, 0.4) is 0 Å². The SMILES string of the molecule is CCONC(=O)CCCCCCC(=O)N1Cc2[nH]c3ccccc3c2C[C@H]1C(=O)N(C)OC. The Labute approximate surface area is 194 Å². The zero-order valence-corrected chi connectivity index (χ0v) is 19.7. The summed E-state index contributed by atoms with van der Waals surface area (Å²) in [6.45, 7) is 2.62. The van der Waals surface area contributed by atoms with Gasteiger partial charge in [0.15, 0.2) is 0 Å². The molecule has 1 aromatic carbocycles. The molecule has 2 heterocycles. The van der Waals surface area contributed by atoms with Crippen LogP contribution < -0.4 is 5.48 Å². The summed E-state index contributed by atoms with van der Waals surface area (Å²) < 4.78 is 0. The normalized spacial score (nSPS) is 15.4. The van der Waals surface area contributed by atoms with Crippen LogP contribution in [-0.4, -0.2) is 59.5 Å². The summed E-state index contributed by atoms with van der Waals surface area (Å²) in [5.41, 5.74) is 5.46. The van der Waals surface area contributed by atoms with Gasteiger partial charge in [-0.2, -0.15) is 0 Å². The highest BCUT2D eigenvalue weighted by Gasteiger charge is 2.37. The number of rotatable bonds is 11. The molecule has 2 N–H and O–H groups in total. The summed E-state index contributed by atoms with van der Waals surface area (Å²) in [7, 11) is 3.01. The second-order valence-corrected chi connectivity index (χ2v) is 8.26. The number of carbonyl (C=O) groups is 3. The van der Waals surface area contributed by atoms with Gasteiger partial charge in [-0.15, -0.1) is 0 Å². The maximum atomic E-state index is 13.1. The lowest BCUT2D eigenvalue weighted by molar-refractivity contribution is -0.177. The molecule has 1 aliphatic heterocycles. The molecule has 9 nitrogen and oxygen atoms in total. The molecular weight excluding hydrogens is 424 g/mol. The van der Waals surface area contributed by atoms with E-state index in [9.17, 15) is 14.4 Å². The van der Waals surface area contributed by atoms with Gasteiger partial charge in [-0.3, -0.25) is 24.1 Å². The summed E-state index contributed by atoms with van der Waals surface area (Å²) in [5, 5.41) is 2.28. The first-order valence-electron chi connectivity index (χ1n) is 11.6. The van der Waals surface area contributed by atoms with E-state index < -0.39 is 6.04 Å². The molecule has 1 aromatic heterocycles. The lowest BCUT2D eigenvalue weighted by Crippen LogP contribution is -2.52. The van der Waals surface area contributed by atoms with Crippen molar-refractivity contribution in [3.05, 3.63) is 35.5 Å². The Hall–Kier alpha value is -2.91. The van der Waals surface area contributed by atoms with Crippen molar-refractivity contribution >= 4 is 28.6 Å². The van der Waals surface area contributed by atoms with Crippen LogP contribution >= 0.6 is 0 Å². The number of likely N-dealkylation sites (N-methyl/N-ethyl adjacent to an activating group) is 1. The average Bonchev–Trinajstić information content (AvgIpc) is 3.20. The minimum absolute atomic E-state index is 0.0451. The van der Waals surface area contributed by atoms with E-state index in [4.69, 9.17) is 9.68 Å². The van der Waals surface area contributed by atoms with Crippen LogP contribution in [0.4, 0.5) is 0 Å². The number of aromatic nitrogens is 1. The average molecular weight is 459 g/mol. The standard InChI is InChI=1S/C24H34N4O5/c1-4-33-26-22(29)13-7-5-6-8-14-23(30)28-16-20-18(15-21(28)24(31)27(2)32-3)17-11-9-10-12-19(17)25-20/h9-12,21,25H,4-8,13-16H2,1-3H3,(H,26,29)/t21-/m0/s1. The zero-order valence-electron chi connectivity index (χ0n) is 19.7. The van der Waals surface area contributed by atoms with Gasteiger partial charge in [0, 0.05) is 42.9 Å². The van der Waals surface area contributed by atoms with Crippen LogP contribution in [0.15, 0.2) is 24.3 Å². The number of para-hydroxylation sites is 1. The molecule has 0 radical (unpaired) electrons. The fourth-order valence-electron chi connectivity index (χ4n) is 4.25. The number of nitrogens with one attached hydrogen (secondary N) is 2. The van der Waals surface area contributed by atoms with E-state index in [2.05, 4.69) is 10.5 Å². The molecule has 0 unspecified atom stereocenters. The summed E-state index contributed by atoms with van der Waals surface area (Å²) in [6.07, 6.45) is 4.37. The fourth-order valence-corrected chi connectivity index (χ4v) is 4.25.